The van der Waals surface area contributed by atoms with Crippen molar-refractivity contribution in [3.8, 4) is 0 Å². The second-order valence-corrected chi connectivity index (χ2v) is 6.38. The molecule has 0 saturated heterocycles. The second-order valence-electron chi connectivity index (χ2n) is 4.47. The molecule has 0 N–H and O–H groups in total. The molecule has 0 atom stereocenters. The van der Waals surface area contributed by atoms with E-state index in [-0.39, 0.29) is 5.78 Å². The number of rotatable bonds is 5. The van der Waals surface area contributed by atoms with E-state index in [0.717, 1.165) is 35.0 Å². The van der Waals surface area contributed by atoms with Crippen LogP contribution in [-0.2, 0) is 16.0 Å². The van der Waals surface area contributed by atoms with Crippen molar-refractivity contribution in [3.05, 3.63) is 20.8 Å². The van der Waals surface area contributed by atoms with Gasteiger partial charge in [0.05, 0.1) is 0 Å². The fourth-order valence-corrected chi connectivity index (χ4v) is 3.94. The van der Waals surface area contributed by atoms with Gasteiger partial charge in [-0.2, -0.15) is 0 Å². The van der Waals surface area contributed by atoms with Crippen LogP contribution in [0.25, 0.3) is 0 Å². The normalized spacial score (nSPS) is 18.5. The number of thiophene rings is 1. The number of Topliss-reactive ketones (excluding diaryl/α,β-unsaturated/α-hetero) is 1. The number of ketones is 1. The third kappa shape index (κ3) is 2.98. The molecule has 2 nitrogen and oxygen atoms in total. The standard InChI is InChI=1S/C13H17BrO2S/c1-2-16-13(5-3-4-6-13)12(15)8-11-7-10(14)9-17-11/h7,9H,2-6,8H2,1H3. The van der Waals surface area contributed by atoms with E-state index in [1.165, 1.54) is 0 Å². The lowest BCUT2D eigenvalue weighted by Crippen LogP contribution is -2.39. The van der Waals surface area contributed by atoms with Gasteiger partial charge in [-0.15, -0.1) is 11.3 Å². The minimum atomic E-state index is -0.481. The van der Waals surface area contributed by atoms with Crippen LogP contribution in [0.3, 0.4) is 0 Å². The maximum absolute atomic E-state index is 12.4. The average Bonchev–Trinajstić information content (AvgIpc) is 2.89. The Morgan fingerprint density at radius 3 is 2.76 bits per heavy atom. The minimum absolute atomic E-state index is 0.256. The van der Waals surface area contributed by atoms with Crippen LogP contribution in [0.2, 0.25) is 0 Å². The van der Waals surface area contributed by atoms with Crippen molar-refractivity contribution < 1.29 is 9.53 Å². The van der Waals surface area contributed by atoms with Gasteiger partial charge < -0.3 is 4.74 Å². The Hall–Kier alpha value is -0.190. The van der Waals surface area contributed by atoms with Crippen LogP contribution in [0.15, 0.2) is 15.9 Å². The highest BCUT2D eigenvalue weighted by molar-refractivity contribution is 9.10. The smallest absolute Gasteiger partial charge is 0.169 e. The summed E-state index contributed by atoms with van der Waals surface area (Å²) in [6.07, 6.45) is 4.52. The predicted octanol–water partition coefficient (Wildman–Crippen LogP) is 3.97. The number of carbonyl (C=O) groups is 1. The number of carbonyl (C=O) groups excluding carboxylic acids is 1. The van der Waals surface area contributed by atoms with E-state index in [1.54, 1.807) is 11.3 Å². The van der Waals surface area contributed by atoms with Crippen molar-refractivity contribution >= 4 is 33.0 Å². The van der Waals surface area contributed by atoms with Crippen LogP contribution in [0.4, 0.5) is 0 Å². The van der Waals surface area contributed by atoms with Crippen LogP contribution in [-0.4, -0.2) is 18.0 Å². The first kappa shape index (κ1) is 13.2. The second kappa shape index (κ2) is 5.63. The molecule has 0 spiro atoms. The lowest BCUT2D eigenvalue weighted by Gasteiger charge is -2.27. The molecule has 17 heavy (non-hydrogen) atoms. The molecule has 0 radical (unpaired) electrons. The number of hydrogen-bond acceptors (Lipinski definition) is 3. The van der Waals surface area contributed by atoms with Gasteiger partial charge in [-0.1, -0.05) is 0 Å². The molecule has 0 unspecified atom stereocenters. The third-order valence-electron chi connectivity index (χ3n) is 3.30. The molecule has 4 heteroatoms. The fraction of sp³-hybridized carbons (Fsp3) is 0.615. The van der Waals surface area contributed by atoms with Gasteiger partial charge >= 0.3 is 0 Å². The van der Waals surface area contributed by atoms with Crippen LogP contribution < -0.4 is 0 Å². The quantitative estimate of drug-likeness (QED) is 0.821. The van der Waals surface area contributed by atoms with Crippen molar-refractivity contribution in [2.75, 3.05) is 6.61 Å². The molecule has 0 aliphatic heterocycles. The molecule has 0 aromatic carbocycles. The molecule has 1 fully saturated rings. The Balaban J connectivity index is 2.06. The van der Waals surface area contributed by atoms with E-state index in [4.69, 9.17) is 4.74 Å². The van der Waals surface area contributed by atoms with Crippen LogP contribution in [0.1, 0.15) is 37.5 Å². The molecular formula is C13H17BrO2S. The van der Waals surface area contributed by atoms with E-state index in [2.05, 4.69) is 15.9 Å². The van der Waals surface area contributed by atoms with Gasteiger partial charge in [0.25, 0.3) is 0 Å². The summed E-state index contributed by atoms with van der Waals surface area (Å²) in [7, 11) is 0. The van der Waals surface area contributed by atoms with Gasteiger partial charge in [0.2, 0.25) is 0 Å². The lowest BCUT2D eigenvalue weighted by atomic mass is 9.93. The van der Waals surface area contributed by atoms with Gasteiger partial charge in [-0.25, -0.2) is 0 Å². The molecule has 1 aliphatic carbocycles. The average molecular weight is 317 g/mol. The Kier molecular flexibility index (Phi) is 4.39. The summed E-state index contributed by atoms with van der Waals surface area (Å²) in [5.74, 6) is 0.256. The number of ether oxygens (including phenoxy) is 1. The largest absolute Gasteiger partial charge is 0.367 e. The summed E-state index contributed by atoms with van der Waals surface area (Å²) in [4.78, 5) is 13.5. The van der Waals surface area contributed by atoms with E-state index in [0.29, 0.717) is 13.0 Å². The van der Waals surface area contributed by atoms with Crippen molar-refractivity contribution in [1.29, 1.82) is 0 Å². The van der Waals surface area contributed by atoms with Gasteiger partial charge in [-0.05, 0) is 54.6 Å². The Morgan fingerprint density at radius 2 is 2.24 bits per heavy atom. The number of halogens is 1. The van der Waals surface area contributed by atoms with Gasteiger partial charge in [-0.3, -0.25) is 4.79 Å². The summed E-state index contributed by atoms with van der Waals surface area (Å²) in [5.41, 5.74) is -0.481. The maximum Gasteiger partial charge on any atom is 0.169 e. The van der Waals surface area contributed by atoms with Crippen molar-refractivity contribution in [2.45, 2.75) is 44.6 Å². The molecular weight excluding hydrogens is 300 g/mol. The van der Waals surface area contributed by atoms with Crippen molar-refractivity contribution in [2.24, 2.45) is 0 Å². The molecule has 0 bridgehead atoms. The fourth-order valence-electron chi connectivity index (χ4n) is 2.49. The number of hydrogen-bond donors (Lipinski definition) is 0. The summed E-state index contributed by atoms with van der Waals surface area (Å²) in [5, 5.41) is 2.02. The van der Waals surface area contributed by atoms with E-state index in [1.807, 2.05) is 18.4 Å². The lowest BCUT2D eigenvalue weighted by molar-refractivity contribution is -0.142. The molecule has 94 valence electrons. The first-order valence-electron chi connectivity index (χ1n) is 6.06. The Bertz CT molecular complexity index is 394. The van der Waals surface area contributed by atoms with Gasteiger partial charge in [0.1, 0.15) is 5.60 Å². The van der Waals surface area contributed by atoms with E-state index < -0.39 is 5.60 Å². The van der Waals surface area contributed by atoms with E-state index >= 15 is 0 Å². The molecule has 0 amide bonds. The maximum atomic E-state index is 12.4. The molecule has 1 aromatic heterocycles. The van der Waals surface area contributed by atoms with Crippen molar-refractivity contribution in [3.63, 3.8) is 0 Å². The topological polar surface area (TPSA) is 26.3 Å². The molecule has 1 aromatic rings. The zero-order valence-corrected chi connectivity index (χ0v) is 12.4. The van der Waals surface area contributed by atoms with Crippen molar-refractivity contribution in [1.82, 2.24) is 0 Å². The monoisotopic (exact) mass is 316 g/mol. The summed E-state index contributed by atoms with van der Waals surface area (Å²) >= 11 is 5.05. The summed E-state index contributed by atoms with van der Waals surface area (Å²) in [6.45, 7) is 2.59. The zero-order valence-electron chi connectivity index (χ0n) is 10.0. The molecule has 2 rings (SSSR count). The first-order valence-corrected chi connectivity index (χ1v) is 7.74. The van der Waals surface area contributed by atoms with Gasteiger partial charge in [0, 0.05) is 27.8 Å². The minimum Gasteiger partial charge on any atom is -0.367 e. The summed E-state index contributed by atoms with van der Waals surface area (Å²) < 4.78 is 6.83. The summed E-state index contributed by atoms with van der Waals surface area (Å²) in [6, 6.07) is 2.02. The molecule has 1 heterocycles. The first-order chi connectivity index (χ1) is 8.16. The third-order valence-corrected chi connectivity index (χ3v) is 4.99. The van der Waals surface area contributed by atoms with Crippen LogP contribution in [0, 0.1) is 0 Å². The molecule has 1 aliphatic rings. The van der Waals surface area contributed by atoms with Gasteiger partial charge in [0.15, 0.2) is 5.78 Å². The van der Waals surface area contributed by atoms with Crippen LogP contribution >= 0.6 is 27.3 Å². The Labute approximate surface area is 114 Å². The van der Waals surface area contributed by atoms with E-state index in [9.17, 15) is 4.79 Å². The predicted molar refractivity (Wildman–Crippen MR) is 73.6 cm³/mol. The molecule has 1 saturated carbocycles. The Morgan fingerprint density at radius 1 is 1.53 bits per heavy atom. The highest BCUT2D eigenvalue weighted by atomic mass is 79.9. The SMILES string of the molecule is CCOC1(C(=O)Cc2cc(Br)cs2)CCCC1. The highest BCUT2D eigenvalue weighted by Gasteiger charge is 2.41. The highest BCUT2D eigenvalue weighted by Crippen LogP contribution is 2.35. The van der Waals surface area contributed by atoms with Crippen LogP contribution in [0.5, 0.6) is 0 Å². The zero-order chi connectivity index (χ0) is 12.3.